The van der Waals surface area contributed by atoms with Crippen molar-refractivity contribution in [2.45, 2.75) is 50.3 Å². The molecule has 9 N–H and O–H groups in total. The lowest BCUT2D eigenvalue weighted by Crippen LogP contribution is -2.71. The lowest BCUT2D eigenvalue weighted by molar-refractivity contribution is -0.911. The van der Waals surface area contributed by atoms with Crippen LogP contribution in [0.25, 0.3) is 10.9 Å². The molecule has 0 bridgehead atoms. The van der Waals surface area contributed by atoms with Crippen LogP contribution in [0.15, 0.2) is 38.9 Å². The first-order chi connectivity index (χ1) is 28.0. The fourth-order valence-corrected chi connectivity index (χ4v) is 9.49. The maximum absolute atomic E-state index is 13.6. The van der Waals surface area contributed by atoms with Crippen LogP contribution in [-0.4, -0.2) is 142 Å². The Morgan fingerprint density at radius 2 is 1.86 bits per heavy atom. The van der Waals surface area contributed by atoms with Crippen molar-refractivity contribution in [3.05, 3.63) is 55.4 Å². The van der Waals surface area contributed by atoms with Gasteiger partial charge in [-0.25, -0.2) is 14.6 Å². The van der Waals surface area contributed by atoms with Gasteiger partial charge >= 0.3 is 17.9 Å². The third-order valence-electron chi connectivity index (χ3n) is 10.2. The Morgan fingerprint density at radius 3 is 2.47 bits per heavy atom. The van der Waals surface area contributed by atoms with Crippen LogP contribution in [-0.2, 0) is 35.4 Å². The van der Waals surface area contributed by atoms with Crippen LogP contribution in [0, 0.1) is 0 Å². The zero-order valence-corrected chi connectivity index (χ0v) is 33.4. The molecule has 314 valence electrons. The highest BCUT2D eigenvalue weighted by Crippen LogP contribution is 2.42. The van der Waals surface area contributed by atoms with Gasteiger partial charge in [-0.2, -0.15) is 0 Å². The molecule has 1 aromatic carbocycles. The summed E-state index contributed by atoms with van der Waals surface area (Å²) in [6.07, 6.45) is 0.0412. The van der Waals surface area contributed by atoms with Gasteiger partial charge < -0.3 is 55.8 Å². The van der Waals surface area contributed by atoms with E-state index in [9.17, 15) is 54.0 Å². The van der Waals surface area contributed by atoms with Gasteiger partial charge in [-0.15, -0.1) is 23.1 Å². The van der Waals surface area contributed by atoms with Gasteiger partial charge in [0.05, 0.1) is 48.5 Å². The number of carbonyl (C=O) groups excluding carboxylic acids is 3. The SMILES string of the molecule is CCn1cc(C(=O)NCC[N+]2(CC3=C(C(=O)O)N4C(=O)C(NC(=O)C(=NOC(CC(=O)O)C(=O)O)c5csc(N)n5)C4SC3)CCCC2)c(=O)c2c(Cl)c(O)c(O)cc21. The lowest BCUT2D eigenvalue weighted by atomic mass is 10.0. The van der Waals surface area contributed by atoms with Crippen LogP contribution in [0.3, 0.4) is 0 Å². The van der Waals surface area contributed by atoms with Gasteiger partial charge in [-0.05, 0) is 6.92 Å². The van der Waals surface area contributed by atoms with E-state index >= 15 is 0 Å². The van der Waals surface area contributed by atoms with E-state index < -0.39 is 82.2 Å². The molecule has 3 aliphatic heterocycles. The van der Waals surface area contributed by atoms with Crippen LogP contribution in [0.5, 0.6) is 11.5 Å². The van der Waals surface area contributed by atoms with Gasteiger partial charge in [0.1, 0.15) is 34.9 Å². The van der Waals surface area contributed by atoms with Gasteiger partial charge in [0.2, 0.25) is 11.5 Å². The smallest absolute Gasteiger partial charge is 0.352 e. The third-order valence-corrected chi connectivity index (χ3v) is 12.6. The average molecular weight is 878 g/mol. The zero-order valence-electron chi connectivity index (χ0n) is 31.0. The quantitative estimate of drug-likeness (QED) is 0.0320. The van der Waals surface area contributed by atoms with Gasteiger partial charge in [-0.1, -0.05) is 16.8 Å². The third kappa shape index (κ3) is 8.49. The summed E-state index contributed by atoms with van der Waals surface area (Å²) in [5, 5.41) is 57.8. The molecule has 3 aromatic rings. The van der Waals surface area contributed by atoms with E-state index in [4.69, 9.17) is 27.3 Å². The number of hydrogen-bond donors (Lipinski definition) is 8. The monoisotopic (exact) mass is 877 g/mol. The molecule has 21 nitrogen and oxygen atoms in total. The number of phenolic OH excluding ortho intramolecular Hbond substituents is 2. The molecule has 5 heterocycles. The maximum Gasteiger partial charge on any atom is 0.352 e. The molecule has 0 aliphatic carbocycles. The number of likely N-dealkylation sites (tertiary alicyclic amines) is 1. The zero-order chi connectivity index (χ0) is 42.9. The Morgan fingerprint density at radius 1 is 1.15 bits per heavy atom. The number of hydrogen-bond acceptors (Lipinski definition) is 15. The van der Waals surface area contributed by atoms with Crippen molar-refractivity contribution in [1.29, 1.82) is 0 Å². The Hall–Kier alpha value is -5.91. The summed E-state index contributed by atoms with van der Waals surface area (Å²) in [6.45, 7) is 4.04. The number of phenols is 2. The lowest BCUT2D eigenvalue weighted by Gasteiger charge is -2.50. The van der Waals surface area contributed by atoms with Crippen LogP contribution in [0.2, 0.25) is 5.02 Å². The first kappa shape index (κ1) is 42.7. The number of nitrogens with zero attached hydrogens (tertiary/aromatic N) is 5. The predicted molar refractivity (Wildman–Crippen MR) is 211 cm³/mol. The number of quaternary nitrogens is 1. The standard InChI is InChI=1S/C35H37ClN8O13S2/c1-2-42-11-16(27(48)22-18(42)9-19(45)28(49)23(22)36)29(50)38-5-8-44(6-3-4-7-44)12-15-13-58-32-25(31(52)43(32)26(15)34(55)56)40-30(51)24(17-14-59-35(37)39-17)41-57-20(33(53)54)10-21(46)47/h9,11,14,20,25,32H,2-8,10,12-13H2,1H3,(H8-,37,38,39,40,41,45,46,47,48,49,50,51,53,54,55,56)/p+1. The van der Waals surface area contributed by atoms with E-state index in [0.717, 1.165) is 29.1 Å². The molecule has 3 amide bonds. The normalized spacial score (nSPS) is 19.2. The summed E-state index contributed by atoms with van der Waals surface area (Å²) in [7, 11) is 0. The van der Waals surface area contributed by atoms with E-state index in [1.54, 1.807) is 11.5 Å². The van der Waals surface area contributed by atoms with Gasteiger partial charge in [0.15, 0.2) is 22.3 Å². The highest BCUT2D eigenvalue weighted by Gasteiger charge is 2.55. The van der Waals surface area contributed by atoms with Crippen LogP contribution >= 0.6 is 34.7 Å². The van der Waals surface area contributed by atoms with Crippen molar-refractivity contribution in [2.24, 2.45) is 5.16 Å². The van der Waals surface area contributed by atoms with Gasteiger partial charge in [0, 0.05) is 48.4 Å². The Balaban J connectivity index is 1.17. The second kappa shape index (κ2) is 17.1. The Bertz CT molecular complexity index is 2390. The average Bonchev–Trinajstić information content (AvgIpc) is 3.83. The summed E-state index contributed by atoms with van der Waals surface area (Å²) < 4.78 is 1.93. The van der Waals surface area contributed by atoms with Crippen molar-refractivity contribution >= 4 is 92.1 Å². The maximum atomic E-state index is 13.6. The minimum Gasteiger partial charge on any atom is -0.504 e. The van der Waals surface area contributed by atoms with Crippen LogP contribution in [0.4, 0.5) is 5.13 Å². The van der Waals surface area contributed by atoms with Gasteiger partial charge in [-0.3, -0.25) is 28.9 Å². The van der Waals surface area contributed by atoms with Crippen molar-refractivity contribution < 1.29 is 63.6 Å². The van der Waals surface area contributed by atoms with Gasteiger partial charge in [0.25, 0.3) is 17.7 Å². The van der Waals surface area contributed by atoms with E-state index in [0.29, 0.717) is 36.2 Å². The number of fused-ring (bicyclic) bond motifs is 2. The molecule has 3 atom stereocenters. The summed E-state index contributed by atoms with van der Waals surface area (Å²) in [5.74, 6) is -8.03. The number of aryl methyl sites for hydroxylation is 1. The van der Waals surface area contributed by atoms with Crippen LogP contribution < -0.4 is 21.8 Å². The molecule has 2 fully saturated rings. The molecule has 59 heavy (non-hydrogen) atoms. The molecular weight excluding hydrogens is 840 g/mol. The number of benzene rings is 1. The van der Waals surface area contributed by atoms with Crippen molar-refractivity contribution in [2.75, 3.05) is 44.2 Å². The minimum atomic E-state index is -1.96. The highest BCUT2D eigenvalue weighted by molar-refractivity contribution is 8.00. The number of pyridine rings is 1. The molecule has 24 heteroatoms. The number of aromatic nitrogens is 2. The number of thiazole rings is 1. The summed E-state index contributed by atoms with van der Waals surface area (Å²) in [5.41, 5.74) is 4.46. The summed E-state index contributed by atoms with van der Waals surface area (Å²) >= 11 is 8.36. The topological polar surface area (TPSA) is 313 Å². The molecule has 0 radical (unpaired) electrons. The molecule has 0 saturated carbocycles. The van der Waals surface area contributed by atoms with E-state index in [2.05, 4.69) is 20.8 Å². The van der Waals surface area contributed by atoms with Crippen molar-refractivity contribution in [3.63, 3.8) is 0 Å². The number of thioether (sulfide) groups is 1. The number of nitrogens with two attached hydrogens (primary N) is 1. The largest absolute Gasteiger partial charge is 0.504 e. The molecule has 0 spiro atoms. The number of aromatic hydroxyl groups is 2. The fourth-order valence-electron chi connectivity index (χ4n) is 7.33. The molecule has 2 saturated heterocycles. The second-order valence-electron chi connectivity index (χ2n) is 13.9. The first-order valence-corrected chi connectivity index (χ1v) is 20.3. The number of carboxylic acid groups (broad SMARTS) is 3. The number of aliphatic carboxylic acids is 3. The number of oxime groups is 1. The fraction of sp³-hybridized carbons (Fsp3) is 0.400. The minimum absolute atomic E-state index is 0.0140. The Kier molecular flexibility index (Phi) is 12.4. The number of nitrogens with one attached hydrogen (secondary N) is 2. The predicted octanol–water partition coefficient (Wildman–Crippen LogP) is 0.553. The molecule has 3 aliphatic rings. The van der Waals surface area contributed by atoms with E-state index in [1.807, 2.05) is 0 Å². The second-order valence-corrected chi connectivity index (χ2v) is 16.3. The molecule has 3 unspecified atom stereocenters. The molecule has 2 aromatic heterocycles. The number of β-lactam (4-membered cyclic amide) rings is 1. The number of halogens is 1. The first-order valence-electron chi connectivity index (χ1n) is 18.0. The Labute approximate surface area is 346 Å². The van der Waals surface area contributed by atoms with Crippen molar-refractivity contribution in [3.8, 4) is 11.5 Å². The number of carboxylic acids is 3. The summed E-state index contributed by atoms with van der Waals surface area (Å²) in [6, 6.07) is -0.0447. The number of anilines is 1. The number of amides is 3. The number of nitrogen functional groups attached to an aromatic ring is 1. The van der Waals surface area contributed by atoms with Crippen molar-refractivity contribution in [1.82, 2.24) is 25.1 Å². The van der Waals surface area contributed by atoms with E-state index in [-0.39, 0.29) is 56.9 Å². The van der Waals surface area contributed by atoms with E-state index in [1.165, 1.54) is 29.4 Å². The number of rotatable bonds is 16. The molecular formula is C35H38ClN8O13S2+. The number of carbonyl (C=O) groups is 6. The summed E-state index contributed by atoms with van der Waals surface area (Å²) in [4.78, 5) is 99.2. The molecule has 6 rings (SSSR count). The van der Waals surface area contributed by atoms with Crippen LogP contribution in [0.1, 0.15) is 42.2 Å². The highest BCUT2D eigenvalue weighted by atomic mass is 35.5.